The van der Waals surface area contributed by atoms with Gasteiger partial charge in [0.05, 0.1) is 5.52 Å². The number of hydrogen-bond acceptors (Lipinski definition) is 4. The van der Waals surface area contributed by atoms with E-state index in [0.29, 0.717) is 16.6 Å². The first-order valence-electron chi connectivity index (χ1n) is 8.71. The molecule has 132 valence electrons. The highest BCUT2D eigenvalue weighted by Crippen LogP contribution is 2.24. The summed E-state index contributed by atoms with van der Waals surface area (Å²) in [6, 6.07) is 24.6. The van der Waals surface area contributed by atoms with Gasteiger partial charge in [-0.25, -0.2) is 4.68 Å². The van der Waals surface area contributed by atoms with Gasteiger partial charge >= 0.3 is 0 Å². The van der Waals surface area contributed by atoms with E-state index in [1.165, 1.54) is 0 Å². The van der Waals surface area contributed by atoms with Gasteiger partial charge in [-0.1, -0.05) is 78.0 Å². The van der Waals surface area contributed by atoms with E-state index in [1.54, 1.807) is 28.9 Å². The predicted molar refractivity (Wildman–Crippen MR) is 103 cm³/mol. The Labute approximate surface area is 156 Å². The number of hydrogen-bond donors (Lipinski definition) is 0. The van der Waals surface area contributed by atoms with Gasteiger partial charge in [0.15, 0.2) is 11.6 Å². The minimum atomic E-state index is -0.757. The van der Waals surface area contributed by atoms with Crippen LogP contribution in [0.25, 0.3) is 11.0 Å². The Bertz CT molecular complexity index is 1090. The molecule has 5 nitrogen and oxygen atoms in total. The molecule has 27 heavy (non-hydrogen) atoms. The lowest BCUT2D eigenvalue weighted by molar-refractivity contribution is 0.0851. The molecular formula is C22H17N3O2. The first-order valence-corrected chi connectivity index (χ1v) is 8.71. The molecule has 0 aliphatic rings. The van der Waals surface area contributed by atoms with Crippen molar-refractivity contribution in [3.63, 3.8) is 0 Å². The highest BCUT2D eigenvalue weighted by molar-refractivity contribution is 6.04. The molecule has 5 heteroatoms. The van der Waals surface area contributed by atoms with Crippen LogP contribution in [-0.2, 0) is 0 Å². The van der Waals surface area contributed by atoms with E-state index in [0.717, 1.165) is 5.52 Å². The van der Waals surface area contributed by atoms with Crippen LogP contribution < -0.4 is 0 Å². The van der Waals surface area contributed by atoms with Crippen LogP contribution in [0.1, 0.15) is 33.2 Å². The fourth-order valence-corrected chi connectivity index (χ4v) is 3.12. The number of carbonyl (C=O) groups is 2. The maximum absolute atomic E-state index is 13.2. The molecule has 1 heterocycles. The Morgan fingerprint density at radius 1 is 0.778 bits per heavy atom. The summed E-state index contributed by atoms with van der Waals surface area (Å²) in [6.45, 7) is 0. The van der Waals surface area contributed by atoms with Gasteiger partial charge in [0.25, 0.3) is 0 Å². The highest BCUT2D eigenvalue weighted by atomic mass is 16.1. The van der Waals surface area contributed by atoms with Crippen LogP contribution >= 0.6 is 0 Å². The highest BCUT2D eigenvalue weighted by Gasteiger charge is 2.27. The van der Waals surface area contributed by atoms with Crippen molar-refractivity contribution >= 4 is 22.6 Å². The molecule has 0 spiro atoms. The lowest BCUT2D eigenvalue weighted by atomic mass is 9.96. The Morgan fingerprint density at radius 2 is 1.37 bits per heavy atom. The molecule has 0 N–H and O–H groups in total. The van der Waals surface area contributed by atoms with Crippen LogP contribution in [-0.4, -0.2) is 26.6 Å². The molecule has 0 bridgehead atoms. The minimum Gasteiger partial charge on any atom is -0.294 e. The second-order valence-electron chi connectivity index (χ2n) is 6.26. The first-order chi connectivity index (χ1) is 13.2. The number of carbonyl (C=O) groups excluding carboxylic acids is 2. The second kappa shape index (κ2) is 7.33. The second-order valence-corrected chi connectivity index (χ2v) is 6.26. The van der Waals surface area contributed by atoms with Crippen LogP contribution in [0.5, 0.6) is 0 Å². The summed E-state index contributed by atoms with van der Waals surface area (Å²) < 4.78 is 1.56. The van der Waals surface area contributed by atoms with Crippen LogP contribution in [0, 0.1) is 0 Å². The van der Waals surface area contributed by atoms with Crippen LogP contribution in [0.2, 0.25) is 0 Å². The predicted octanol–water partition coefficient (Wildman–Crippen LogP) is 4.13. The Morgan fingerprint density at radius 3 is 2.07 bits per heavy atom. The topological polar surface area (TPSA) is 64.8 Å². The summed E-state index contributed by atoms with van der Waals surface area (Å²) in [5.41, 5.74) is 2.54. The smallest absolute Gasteiger partial charge is 0.187 e. The molecule has 0 radical (unpaired) electrons. The third-order valence-electron chi connectivity index (χ3n) is 4.51. The molecule has 0 amide bonds. The van der Waals surface area contributed by atoms with E-state index in [2.05, 4.69) is 10.3 Å². The van der Waals surface area contributed by atoms with E-state index in [4.69, 9.17) is 0 Å². The molecule has 4 rings (SSSR count). The molecule has 1 aromatic heterocycles. The van der Waals surface area contributed by atoms with E-state index in [1.807, 2.05) is 60.7 Å². The molecule has 1 atom stereocenters. The number of nitrogens with zero attached hydrogens (tertiary/aromatic N) is 3. The molecular weight excluding hydrogens is 338 g/mol. The van der Waals surface area contributed by atoms with Crippen LogP contribution in [0.4, 0.5) is 0 Å². The number of ketones is 2. The first kappa shape index (κ1) is 16.8. The average Bonchev–Trinajstić information content (AvgIpc) is 3.16. The van der Waals surface area contributed by atoms with Crippen LogP contribution in [0.3, 0.4) is 0 Å². The van der Waals surface area contributed by atoms with Crippen molar-refractivity contribution in [3.05, 3.63) is 96.1 Å². The lowest BCUT2D eigenvalue weighted by Crippen LogP contribution is -2.24. The minimum absolute atomic E-state index is 0.0189. The maximum atomic E-state index is 13.2. The van der Waals surface area contributed by atoms with Crippen molar-refractivity contribution in [2.24, 2.45) is 0 Å². The number of para-hydroxylation sites is 1. The number of fused-ring (bicyclic) bond motifs is 1. The van der Waals surface area contributed by atoms with Gasteiger partial charge in [0.2, 0.25) is 0 Å². The Balaban J connectivity index is 1.75. The zero-order valence-electron chi connectivity index (χ0n) is 14.5. The molecule has 0 aliphatic heterocycles. The average molecular weight is 355 g/mol. The molecule has 3 aromatic carbocycles. The van der Waals surface area contributed by atoms with Crippen molar-refractivity contribution in [2.75, 3.05) is 0 Å². The van der Waals surface area contributed by atoms with Gasteiger partial charge in [0.1, 0.15) is 11.6 Å². The molecule has 0 saturated carbocycles. The van der Waals surface area contributed by atoms with Crippen molar-refractivity contribution in [2.45, 2.75) is 12.5 Å². The summed E-state index contributed by atoms with van der Waals surface area (Å²) in [6.07, 6.45) is 0.0189. The molecule has 0 aliphatic carbocycles. The monoisotopic (exact) mass is 355 g/mol. The van der Waals surface area contributed by atoms with Gasteiger partial charge in [-0.2, -0.15) is 0 Å². The lowest BCUT2D eigenvalue weighted by Gasteiger charge is -2.16. The SMILES string of the molecule is O=C(CC(C(=O)c1ccccc1)n1nnc2ccccc21)c1ccccc1. The van der Waals surface area contributed by atoms with Crippen molar-refractivity contribution in [3.8, 4) is 0 Å². The quantitative estimate of drug-likeness (QED) is 0.488. The fourth-order valence-electron chi connectivity index (χ4n) is 3.12. The Hall–Kier alpha value is -3.60. The van der Waals surface area contributed by atoms with Gasteiger partial charge in [0, 0.05) is 17.5 Å². The van der Waals surface area contributed by atoms with Gasteiger partial charge in [-0.05, 0) is 12.1 Å². The van der Waals surface area contributed by atoms with Crippen molar-refractivity contribution in [1.82, 2.24) is 15.0 Å². The van der Waals surface area contributed by atoms with E-state index >= 15 is 0 Å². The number of rotatable bonds is 6. The summed E-state index contributed by atoms with van der Waals surface area (Å²) in [5, 5.41) is 8.33. The van der Waals surface area contributed by atoms with E-state index in [-0.39, 0.29) is 18.0 Å². The number of Topliss-reactive ketones (excluding diaryl/α,β-unsaturated/α-hetero) is 2. The number of aromatic nitrogens is 3. The van der Waals surface area contributed by atoms with E-state index < -0.39 is 6.04 Å². The maximum Gasteiger partial charge on any atom is 0.187 e. The number of benzene rings is 3. The fraction of sp³-hybridized carbons (Fsp3) is 0.0909. The Kier molecular flexibility index (Phi) is 4.58. The van der Waals surface area contributed by atoms with Gasteiger partial charge in [-0.3, -0.25) is 9.59 Å². The third-order valence-corrected chi connectivity index (χ3v) is 4.51. The third kappa shape index (κ3) is 3.40. The normalized spacial score (nSPS) is 12.0. The van der Waals surface area contributed by atoms with E-state index in [9.17, 15) is 9.59 Å². The van der Waals surface area contributed by atoms with Gasteiger partial charge in [-0.15, -0.1) is 5.10 Å². The summed E-state index contributed by atoms with van der Waals surface area (Å²) in [4.78, 5) is 26.0. The summed E-state index contributed by atoms with van der Waals surface area (Å²) in [5.74, 6) is -0.264. The standard InChI is InChI=1S/C22H17N3O2/c26-21(16-9-3-1-4-10-16)15-20(22(27)17-11-5-2-6-12-17)25-19-14-8-7-13-18(19)23-24-25/h1-14,20H,15H2. The molecule has 0 fully saturated rings. The zero-order valence-corrected chi connectivity index (χ0v) is 14.5. The summed E-state index contributed by atoms with van der Waals surface area (Å²) in [7, 11) is 0. The van der Waals surface area contributed by atoms with Crippen molar-refractivity contribution < 1.29 is 9.59 Å². The van der Waals surface area contributed by atoms with Crippen LogP contribution in [0.15, 0.2) is 84.9 Å². The molecule has 4 aromatic rings. The van der Waals surface area contributed by atoms with Crippen molar-refractivity contribution in [1.29, 1.82) is 0 Å². The molecule has 0 saturated heterocycles. The zero-order chi connectivity index (χ0) is 18.6. The largest absolute Gasteiger partial charge is 0.294 e. The van der Waals surface area contributed by atoms with Gasteiger partial charge < -0.3 is 0 Å². The molecule has 1 unspecified atom stereocenters. The summed E-state index contributed by atoms with van der Waals surface area (Å²) >= 11 is 0.